The summed E-state index contributed by atoms with van der Waals surface area (Å²) in [5.41, 5.74) is 6.83. The van der Waals surface area contributed by atoms with Crippen LogP contribution < -0.4 is 5.32 Å². The lowest BCUT2D eigenvalue weighted by molar-refractivity contribution is 0.624. The number of benzene rings is 2. The smallest absolute Gasteiger partial charge is 0.0582 e. The maximum atomic E-state index is 3.64. The predicted molar refractivity (Wildman–Crippen MR) is 95.3 cm³/mol. The van der Waals surface area contributed by atoms with Crippen molar-refractivity contribution in [1.29, 1.82) is 0 Å². The predicted octanol–water partition coefficient (Wildman–Crippen LogP) is 4.92. The highest BCUT2D eigenvalue weighted by molar-refractivity contribution is 14.1. The van der Waals surface area contributed by atoms with E-state index in [4.69, 9.17) is 0 Å². The Morgan fingerprint density at radius 2 is 1.70 bits per heavy atom. The summed E-state index contributed by atoms with van der Waals surface area (Å²) in [6, 6.07) is 13.6. The highest BCUT2D eigenvalue weighted by atomic mass is 127. The number of rotatable bonds is 4. The summed E-state index contributed by atoms with van der Waals surface area (Å²) in [5.74, 6) is 0. The van der Waals surface area contributed by atoms with E-state index in [-0.39, 0.29) is 6.04 Å². The molecule has 2 rings (SSSR count). The Hall–Kier alpha value is -0.870. The van der Waals surface area contributed by atoms with Gasteiger partial charge >= 0.3 is 0 Å². The molecule has 106 valence electrons. The summed E-state index contributed by atoms with van der Waals surface area (Å²) in [4.78, 5) is 0. The molecule has 0 heterocycles. The van der Waals surface area contributed by atoms with E-state index in [0.717, 1.165) is 6.54 Å². The van der Waals surface area contributed by atoms with E-state index in [2.05, 4.69) is 92.0 Å². The van der Waals surface area contributed by atoms with Crippen molar-refractivity contribution in [3.05, 3.63) is 67.8 Å². The molecule has 0 aromatic heterocycles. The molecule has 1 atom stereocenters. The molecule has 0 radical (unpaired) electrons. The third kappa shape index (κ3) is 3.41. The van der Waals surface area contributed by atoms with E-state index in [0.29, 0.717) is 0 Å². The molecule has 1 nitrogen and oxygen atoms in total. The Morgan fingerprint density at radius 3 is 2.25 bits per heavy atom. The normalized spacial score (nSPS) is 12.4. The quantitative estimate of drug-likeness (QED) is 0.744. The van der Waals surface area contributed by atoms with Gasteiger partial charge in [0, 0.05) is 3.57 Å². The minimum Gasteiger partial charge on any atom is -0.307 e. The summed E-state index contributed by atoms with van der Waals surface area (Å²) in [6.07, 6.45) is 0. The average Bonchev–Trinajstić information content (AvgIpc) is 2.36. The van der Waals surface area contributed by atoms with E-state index in [1.807, 2.05) is 0 Å². The van der Waals surface area contributed by atoms with Gasteiger partial charge in [-0.25, -0.2) is 0 Å². The molecule has 0 saturated carbocycles. The van der Waals surface area contributed by atoms with Gasteiger partial charge in [-0.2, -0.15) is 0 Å². The van der Waals surface area contributed by atoms with Crippen molar-refractivity contribution in [1.82, 2.24) is 5.32 Å². The monoisotopic (exact) mass is 379 g/mol. The van der Waals surface area contributed by atoms with E-state index in [1.54, 1.807) is 0 Å². The molecule has 0 saturated heterocycles. The second-order valence-corrected chi connectivity index (χ2v) is 6.60. The van der Waals surface area contributed by atoms with Crippen LogP contribution in [0.5, 0.6) is 0 Å². The Bertz CT molecular complexity index is 581. The van der Waals surface area contributed by atoms with Gasteiger partial charge in [0.05, 0.1) is 6.04 Å². The Balaban J connectivity index is 2.54. The van der Waals surface area contributed by atoms with Gasteiger partial charge < -0.3 is 5.32 Å². The molecule has 0 bridgehead atoms. The third-order valence-electron chi connectivity index (χ3n) is 3.62. The van der Waals surface area contributed by atoms with Gasteiger partial charge in [-0.1, -0.05) is 36.8 Å². The van der Waals surface area contributed by atoms with E-state index in [1.165, 1.54) is 31.4 Å². The van der Waals surface area contributed by atoms with Crippen LogP contribution in [0.15, 0.2) is 36.4 Å². The van der Waals surface area contributed by atoms with Crippen molar-refractivity contribution in [2.24, 2.45) is 0 Å². The Morgan fingerprint density at radius 1 is 1.05 bits per heavy atom. The Kier molecular flexibility index (Phi) is 5.22. The molecule has 0 aliphatic heterocycles. The molecule has 0 amide bonds. The third-order valence-corrected chi connectivity index (χ3v) is 4.29. The van der Waals surface area contributed by atoms with E-state index < -0.39 is 0 Å². The maximum absolute atomic E-state index is 3.64. The van der Waals surface area contributed by atoms with Crippen LogP contribution in [-0.4, -0.2) is 6.54 Å². The van der Waals surface area contributed by atoms with Crippen molar-refractivity contribution in [2.75, 3.05) is 6.54 Å². The first kappa shape index (κ1) is 15.5. The lowest BCUT2D eigenvalue weighted by Gasteiger charge is -2.24. The largest absolute Gasteiger partial charge is 0.307 e. The van der Waals surface area contributed by atoms with Crippen LogP contribution in [0.25, 0.3) is 0 Å². The van der Waals surface area contributed by atoms with Crippen molar-refractivity contribution in [3.8, 4) is 0 Å². The second kappa shape index (κ2) is 6.72. The molecule has 1 N–H and O–H groups in total. The summed E-state index contributed by atoms with van der Waals surface area (Å²) < 4.78 is 1.28. The zero-order chi connectivity index (χ0) is 14.7. The van der Waals surface area contributed by atoms with E-state index >= 15 is 0 Å². The topological polar surface area (TPSA) is 12.0 Å². The number of aryl methyl sites for hydroxylation is 3. The first-order chi connectivity index (χ1) is 9.52. The minimum absolute atomic E-state index is 0.273. The van der Waals surface area contributed by atoms with Crippen LogP contribution in [0.4, 0.5) is 0 Å². The van der Waals surface area contributed by atoms with Gasteiger partial charge in [-0.3, -0.25) is 0 Å². The summed E-state index contributed by atoms with van der Waals surface area (Å²) in [6.45, 7) is 9.72. The van der Waals surface area contributed by atoms with Crippen LogP contribution >= 0.6 is 22.6 Å². The van der Waals surface area contributed by atoms with Crippen LogP contribution in [0, 0.1) is 24.3 Å². The van der Waals surface area contributed by atoms with Crippen molar-refractivity contribution < 1.29 is 0 Å². The highest BCUT2D eigenvalue weighted by Crippen LogP contribution is 2.29. The fraction of sp³-hybridized carbons (Fsp3) is 0.333. The lowest BCUT2D eigenvalue weighted by atomic mass is 9.90. The fourth-order valence-corrected chi connectivity index (χ4v) is 3.49. The van der Waals surface area contributed by atoms with Gasteiger partial charge in [0.2, 0.25) is 0 Å². The number of hydrogen-bond acceptors (Lipinski definition) is 1. The zero-order valence-corrected chi connectivity index (χ0v) is 14.8. The average molecular weight is 379 g/mol. The van der Waals surface area contributed by atoms with Gasteiger partial charge in [-0.05, 0) is 84.3 Å². The number of nitrogens with one attached hydrogen (secondary N) is 1. The molecule has 1 unspecified atom stereocenters. The standard InChI is InChI=1S/C18H22IN/c1-5-20-18(15-7-6-8-16(19)11-15)17-13(3)9-12(2)10-14(17)4/h6-11,18,20H,5H2,1-4H3. The molecule has 2 aromatic carbocycles. The fourth-order valence-electron chi connectivity index (χ4n) is 2.92. The molecule has 0 fully saturated rings. The molecule has 0 spiro atoms. The van der Waals surface area contributed by atoms with Crippen LogP contribution in [0.3, 0.4) is 0 Å². The molecule has 0 aliphatic carbocycles. The summed E-state index contributed by atoms with van der Waals surface area (Å²) in [5, 5.41) is 3.64. The van der Waals surface area contributed by atoms with Crippen molar-refractivity contribution in [2.45, 2.75) is 33.7 Å². The van der Waals surface area contributed by atoms with Crippen molar-refractivity contribution >= 4 is 22.6 Å². The van der Waals surface area contributed by atoms with Gasteiger partial charge in [-0.15, -0.1) is 0 Å². The van der Waals surface area contributed by atoms with Crippen molar-refractivity contribution in [3.63, 3.8) is 0 Å². The van der Waals surface area contributed by atoms with Crippen LogP contribution in [0.2, 0.25) is 0 Å². The second-order valence-electron chi connectivity index (χ2n) is 5.36. The molecule has 0 aliphatic rings. The lowest BCUT2D eigenvalue weighted by Crippen LogP contribution is -2.23. The van der Waals surface area contributed by atoms with Gasteiger partial charge in [0.25, 0.3) is 0 Å². The van der Waals surface area contributed by atoms with Crippen LogP contribution in [0.1, 0.15) is 40.8 Å². The molecular weight excluding hydrogens is 357 g/mol. The molecule has 20 heavy (non-hydrogen) atoms. The zero-order valence-electron chi connectivity index (χ0n) is 12.6. The number of halogens is 1. The summed E-state index contributed by atoms with van der Waals surface area (Å²) in [7, 11) is 0. The molecule has 2 heteroatoms. The van der Waals surface area contributed by atoms with Gasteiger partial charge in [0.1, 0.15) is 0 Å². The SMILES string of the molecule is CCNC(c1cccc(I)c1)c1c(C)cc(C)cc1C. The molecular formula is C18H22IN. The minimum atomic E-state index is 0.273. The first-order valence-electron chi connectivity index (χ1n) is 7.09. The molecule has 2 aromatic rings. The first-order valence-corrected chi connectivity index (χ1v) is 8.17. The summed E-state index contributed by atoms with van der Waals surface area (Å²) >= 11 is 2.38. The Labute approximate surface area is 135 Å². The highest BCUT2D eigenvalue weighted by Gasteiger charge is 2.17. The maximum Gasteiger partial charge on any atom is 0.0582 e. The van der Waals surface area contributed by atoms with Crippen LogP contribution in [-0.2, 0) is 0 Å². The van der Waals surface area contributed by atoms with Gasteiger partial charge in [0.15, 0.2) is 0 Å². The number of hydrogen-bond donors (Lipinski definition) is 1. The van der Waals surface area contributed by atoms with E-state index in [9.17, 15) is 0 Å².